The first-order chi connectivity index (χ1) is 13.7. The summed E-state index contributed by atoms with van der Waals surface area (Å²) in [6, 6.07) is 17.3. The molecule has 0 unspecified atom stereocenters. The molecule has 3 heterocycles. The molecule has 1 N–H and O–H groups in total. The second kappa shape index (κ2) is 6.49. The van der Waals surface area contributed by atoms with Crippen molar-refractivity contribution in [3.63, 3.8) is 0 Å². The number of aromatic nitrogens is 1. The van der Waals surface area contributed by atoms with E-state index in [0.717, 1.165) is 11.1 Å². The molecule has 0 radical (unpaired) electrons. The number of nitrogens with one attached hydrogen (secondary N) is 1. The average Bonchev–Trinajstić information content (AvgIpc) is 3.40. The Morgan fingerprint density at radius 1 is 1.04 bits per heavy atom. The first-order valence-corrected chi connectivity index (χ1v) is 9.01. The van der Waals surface area contributed by atoms with Crippen LogP contribution in [0.3, 0.4) is 0 Å². The fraction of sp³-hybridized carbons (Fsp3) is 0.136. The van der Waals surface area contributed by atoms with Crippen molar-refractivity contribution in [3.05, 3.63) is 77.7 Å². The first kappa shape index (κ1) is 16.5. The van der Waals surface area contributed by atoms with E-state index >= 15 is 0 Å². The van der Waals surface area contributed by atoms with E-state index in [1.807, 2.05) is 10.6 Å². The number of fused-ring (bicyclic) bond motifs is 2. The highest BCUT2D eigenvalue weighted by Crippen LogP contribution is 2.34. The van der Waals surface area contributed by atoms with E-state index in [2.05, 4.69) is 36.5 Å². The van der Waals surface area contributed by atoms with Gasteiger partial charge in [0, 0.05) is 30.4 Å². The SMILES string of the molecule is Cc1ccc(Cn2c(C(=O)Nc3ccc4c(c3)OCO4)cc3occc32)cc1. The van der Waals surface area contributed by atoms with Crippen molar-refractivity contribution in [2.24, 2.45) is 0 Å². The van der Waals surface area contributed by atoms with Gasteiger partial charge in [0.25, 0.3) is 5.91 Å². The van der Waals surface area contributed by atoms with Gasteiger partial charge in [-0.05, 0) is 24.6 Å². The van der Waals surface area contributed by atoms with Crippen LogP contribution < -0.4 is 14.8 Å². The van der Waals surface area contributed by atoms with Crippen molar-refractivity contribution in [2.75, 3.05) is 12.1 Å². The van der Waals surface area contributed by atoms with Crippen molar-refractivity contribution < 1.29 is 18.7 Å². The fourth-order valence-electron chi connectivity index (χ4n) is 3.38. The van der Waals surface area contributed by atoms with E-state index in [1.54, 1.807) is 30.5 Å². The Morgan fingerprint density at radius 3 is 2.71 bits per heavy atom. The van der Waals surface area contributed by atoms with Gasteiger partial charge in [-0.1, -0.05) is 29.8 Å². The number of benzene rings is 2. The first-order valence-electron chi connectivity index (χ1n) is 9.01. The molecule has 1 amide bonds. The second-order valence-corrected chi connectivity index (χ2v) is 6.79. The Morgan fingerprint density at radius 2 is 1.86 bits per heavy atom. The molecule has 0 fully saturated rings. The molecule has 5 rings (SSSR count). The number of ether oxygens (including phenoxy) is 2. The van der Waals surface area contributed by atoms with Crippen LogP contribution in [0.5, 0.6) is 11.5 Å². The minimum atomic E-state index is -0.211. The molecule has 0 atom stereocenters. The van der Waals surface area contributed by atoms with Gasteiger partial charge in [-0.25, -0.2) is 0 Å². The van der Waals surface area contributed by atoms with Crippen LogP contribution in [-0.2, 0) is 6.54 Å². The number of nitrogens with zero attached hydrogens (tertiary/aromatic N) is 1. The van der Waals surface area contributed by atoms with Gasteiger partial charge in [0.1, 0.15) is 5.69 Å². The van der Waals surface area contributed by atoms with Crippen LogP contribution in [0.15, 0.2) is 65.3 Å². The summed E-state index contributed by atoms with van der Waals surface area (Å²) < 4.78 is 18.2. The Bertz CT molecular complexity index is 1170. The normalized spacial score (nSPS) is 12.5. The van der Waals surface area contributed by atoms with Crippen LogP contribution in [0.2, 0.25) is 0 Å². The Kier molecular flexibility index (Phi) is 3.83. The highest BCUT2D eigenvalue weighted by molar-refractivity contribution is 6.06. The number of carbonyl (C=O) groups is 1. The van der Waals surface area contributed by atoms with Crippen LogP contribution in [0.1, 0.15) is 21.6 Å². The van der Waals surface area contributed by atoms with Gasteiger partial charge < -0.3 is 23.8 Å². The minimum absolute atomic E-state index is 0.197. The zero-order valence-electron chi connectivity index (χ0n) is 15.3. The van der Waals surface area contributed by atoms with Crippen LogP contribution in [0, 0.1) is 6.92 Å². The maximum absolute atomic E-state index is 13.0. The molecule has 0 bridgehead atoms. The molecule has 6 nitrogen and oxygen atoms in total. The number of carbonyl (C=O) groups excluding carboxylic acids is 1. The summed E-state index contributed by atoms with van der Waals surface area (Å²) in [6.07, 6.45) is 1.63. The molecule has 0 saturated carbocycles. The molecule has 140 valence electrons. The fourth-order valence-corrected chi connectivity index (χ4v) is 3.38. The van der Waals surface area contributed by atoms with Crippen LogP contribution in [-0.4, -0.2) is 17.3 Å². The third-order valence-corrected chi connectivity index (χ3v) is 4.85. The Labute approximate surface area is 161 Å². The average molecular weight is 374 g/mol. The maximum atomic E-state index is 13.0. The summed E-state index contributed by atoms with van der Waals surface area (Å²) in [7, 11) is 0. The minimum Gasteiger partial charge on any atom is -0.463 e. The molecule has 0 saturated heterocycles. The van der Waals surface area contributed by atoms with Crippen LogP contribution >= 0.6 is 0 Å². The van der Waals surface area contributed by atoms with Crippen molar-refractivity contribution in [2.45, 2.75) is 13.5 Å². The van der Waals surface area contributed by atoms with E-state index in [9.17, 15) is 4.79 Å². The van der Waals surface area contributed by atoms with Crippen LogP contribution in [0.4, 0.5) is 5.69 Å². The van der Waals surface area contributed by atoms with Crippen molar-refractivity contribution >= 4 is 22.7 Å². The smallest absolute Gasteiger partial charge is 0.272 e. The van der Waals surface area contributed by atoms with E-state index in [-0.39, 0.29) is 12.7 Å². The number of furan rings is 1. The number of hydrogen-bond donors (Lipinski definition) is 1. The van der Waals surface area contributed by atoms with E-state index in [1.165, 1.54) is 5.56 Å². The lowest BCUT2D eigenvalue weighted by molar-refractivity contribution is 0.101. The highest BCUT2D eigenvalue weighted by Gasteiger charge is 2.19. The summed E-state index contributed by atoms with van der Waals surface area (Å²) in [4.78, 5) is 13.0. The maximum Gasteiger partial charge on any atom is 0.272 e. The zero-order valence-corrected chi connectivity index (χ0v) is 15.3. The molecule has 4 aromatic rings. The third kappa shape index (κ3) is 2.89. The van der Waals surface area contributed by atoms with Gasteiger partial charge in [-0.2, -0.15) is 0 Å². The van der Waals surface area contributed by atoms with Gasteiger partial charge in [-0.15, -0.1) is 0 Å². The molecule has 0 spiro atoms. The largest absolute Gasteiger partial charge is 0.463 e. The molecule has 1 aliphatic heterocycles. The van der Waals surface area contributed by atoms with Crippen LogP contribution in [0.25, 0.3) is 11.1 Å². The lowest BCUT2D eigenvalue weighted by atomic mass is 10.1. The monoisotopic (exact) mass is 374 g/mol. The van der Waals surface area contributed by atoms with E-state index < -0.39 is 0 Å². The molecular formula is C22H18N2O4. The van der Waals surface area contributed by atoms with Gasteiger partial charge in [0.2, 0.25) is 6.79 Å². The number of anilines is 1. The van der Waals surface area contributed by atoms with Gasteiger partial charge in [-0.3, -0.25) is 4.79 Å². The van der Waals surface area contributed by atoms with Crippen molar-refractivity contribution in [3.8, 4) is 11.5 Å². The topological polar surface area (TPSA) is 65.6 Å². The van der Waals surface area contributed by atoms with Gasteiger partial charge in [0.05, 0.1) is 11.8 Å². The summed E-state index contributed by atoms with van der Waals surface area (Å²) in [6.45, 7) is 2.83. The van der Waals surface area contributed by atoms with E-state index in [0.29, 0.717) is 35.0 Å². The standard InChI is InChI=1S/C22H18N2O4/c1-14-2-4-15(5-3-14)12-24-17-8-9-26-20(17)11-18(24)22(25)23-16-6-7-19-21(10-16)28-13-27-19/h2-11H,12-13H2,1H3,(H,23,25). The molecule has 6 heteroatoms. The molecule has 2 aromatic heterocycles. The summed E-state index contributed by atoms with van der Waals surface area (Å²) in [5.41, 5.74) is 5.06. The van der Waals surface area contributed by atoms with Crippen molar-refractivity contribution in [1.82, 2.24) is 4.57 Å². The quantitative estimate of drug-likeness (QED) is 0.568. The molecule has 1 aliphatic rings. The number of amides is 1. The Hall–Kier alpha value is -3.67. The Balaban J connectivity index is 1.47. The lowest BCUT2D eigenvalue weighted by Crippen LogP contribution is -2.17. The lowest BCUT2D eigenvalue weighted by Gasteiger charge is -2.11. The number of hydrogen-bond acceptors (Lipinski definition) is 4. The molecule has 2 aromatic carbocycles. The third-order valence-electron chi connectivity index (χ3n) is 4.85. The van der Waals surface area contributed by atoms with Gasteiger partial charge >= 0.3 is 0 Å². The van der Waals surface area contributed by atoms with Crippen molar-refractivity contribution in [1.29, 1.82) is 0 Å². The van der Waals surface area contributed by atoms with Gasteiger partial charge in [0.15, 0.2) is 17.1 Å². The highest BCUT2D eigenvalue weighted by atomic mass is 16.7. The number of rotatable bonds is 4. The summed E-state index contributed by atoms with van der Waals surface area (Å²) >= 11 is 0. The molecular weight excluding hydrogens is 356 g/mol. The molecule has 28 heavy (non-hydrogen) atoms. The predicted octanol–water partition coefficient (Wildman–Crippen LogP) is 4.57. The second-order valence-electron chi connectivity index (χ2n) is 6.79. The summed E-state index contributed by atoms with van der Waals surface area (Å²) in [5, 5.41) is 2.94. The zero-order chi connectivity index (χ0) is 19.1. The molecule has 0 aliphatic carbocycles. The summed E-state index contributed by atoms with van der Waals surface area (Å²) in [5.74, 6) is 1.09. The number of aryl methyl sites for hydroxylation is 1. The van der Waals surface area contributed by atoms with E-state index in [4.69, 9.17) is 13.9 Å². The predicted molar refractivity (Wildman–Crippen MR) is 105 cm³/mol.